The summed E-state index contributed by atoms with van der Waals surface area (Å²) < 4.78 is 0. The van der Waals surface area contributed by atoms with Crippen molar-refractivity contribution in [2.75, 3.05) is 45.8 Å². The minimum absolute atomic E-state index is 0.504. The van der Waals surface area contributed by atoms with E-state index in [1.165, 1.54) is 77.9 Å². The maximum atomic E-state index is 3.64. The maximum Gasteiger partial charge on any atom is 0.0335 e. The second-order valence-corrected chi connectivity index (χ2v) is 5.98. The Hall–Kier alpha value is -0.120. The molecule has 1 N–H and O–H groups in total. The fourth-order valence-electron chi connectivity index (χ4n) is 3.74. The zero-order valence-electron chi connectivity index (χ0n) is 12.4. The van der Waals surface area contributed by atoms with Crippen molar-refractivity contribution in [3.63, 3.8) is 0 Å². The van der Waals surface area contributed by atoms with Crippen LogP contribution < -0.4 is 5.32 Å². The summed E-state index contributed by atoms with van der Waals surface area (Å²) in [5, 5.41) is 3.64. The Morgan fingerprint density at radius 3 is 2.50 bits per heavy atom. The van der Waals surface area contributed by atoms with Gasteiger partial charge in [-0.25, -0.2) is 0 Å². The molecule has 0 radical (unpaired) electrons. The van der Waals surface area contributed by atoms with Crippen LogP contribution in [-0.4, -0.2) is 61.2 Å². The zero-order valence-corrected chi connectivity index (χ0v) is 12.4. The predicted molar refractivity (Wildman–Crippen MR) is 78.0 cm³/mol. The molecule has 18 heavy (non-hydrogen) atoms. The van der Waals surface area contributed by atoms with Gasteiger partial charge in [-0.3, -0.25) is 4.90 Å². The smallest absolute Gasteiger partial charge is 0.0335 e. The van der Waals surface area contributed by atoms with E-state index in [0.717, 1.165) is 0 Å². The van der Waals surface area contributed by atoms with Crippen molar-refractivity contribution in [3.8, 4) is 0 Å². The molecule has 0 bridgehead atoms. The van der Waals surface area contributed by atoms with E-state index in [9.17, 15) is 0 Å². The Balaban J connectivity index is 1.90. The molecule has 0 amide bonds. The van der Waals surface area contributed by atoms with Gasteiger partial charge in [0.05, 0.1) is 0 Å². The lowest BCUT2D eigenvalue weighted by Gasteiger charge is -2.50. The van der Waals surface area contributed by atoms with Crippen LogP contribution in [-0.2, 0) is 0 Å². The van der Waals surface area contributed by atoms with Crippen molar-refractivity contribution in [2.45, 2.75) is 51.5 Å². The molecule has 0 unspecified atom stereocenters. The number of hydrogen-bond donors (Lipinski definition) is 1. The summed E-state index contributed by atoms with van der Waals surface area (Å²) in [5.41, 5.74) is 0.504. The van der Waals surface area contributed by atoms with Crippen LogP contribution >= 0.6 is 0 Å². The lowest BCUT2D eigenvalue weighted by atomic mass is 9.79. The van der Waals surface area contributed by atoms with Crippen LogP contribution in [0.5, 0.6) is 0 Å². The monoisotopic (exact) mass is 253 g/mol. The molecule has 2 fully saturated rings. The van der Waals surface area contributed by atoms with Crippen LogP contribution in [0.3, 0.4) is 0 Å². The topological polar surface area (TPSA) is 18.5 Å². The zero-order chi connectivity index (χ0) is 12.8. The van der Waals surface area contributed by atoms with Gasteiger partial charge in [-0.1, -0.05) is 33.1 Å². The van der Waals surface area contributed by atoms with E-state index in [0.29, 0.717) is 5.54 Å². The van der Waals surface area contributed by atoms with Gasteiger partial charge in [0.15, 0.2) is 0 Å². The van der Waals surface area contributed by atoms with E-state index in [1.807, 2.05) is 0 Å². The molecule has 1 saturated heterocycles. The third-order valence-electron chi connectivity index (χ3n) is 5.05. The first-order valence-electron chi connectivity index (χ1n) is 7.99. The van der Waals surface area contributed by atoms with Crippen LogP contribution in [0.1, 0.15) is 46.0 Å². The molecule has 2 aliphatic rings. The van der Waals surface area contributed by atoms with Gasteiger partial charge in [-0.15, -0.1) is 0 Å². The molecule has 2 rings (SSSR count). The molecule has 1 spiro atoms. The quantitative estimate of drug-likeness (QED) is 0.808. The number of hydrogen-bond acceptors (Lipinski definition) is 3. The van der Waals surface area contributed by atoms with E-state index in [-0.39, 0.29) is 0 Å². The standard InChI is InChI=1S/C15H31N3/c1-3-17(4-2)12-13-18-11-10-16-14-15(18)8-6-5-7-9-15/h16H,3-14H2,1-2H3. The highest BCUT2D eigenvalue weighted by Crippen LogP contribution is 2.34. The Morgan fingerprint density at radius 2 is 1.83 bits per heavy atom. The SMILES string of the molecule is CCN(CC)CCN1CCNCC12CCCCC2. The second kappa shape index (κ2) is 6.88. The fourth-order valence-corrected chi connectivity index (χ4v) is 3.74. The third-order valence-corrected chi connectivity index (χ3v) is 5.05. The first kappa shape index (κ1) is 14.3. The molecule has 106 valence electrons. The predicted octanol–water partition coefficient (Wildman–Crippen LogP) is 1.94. The maximum absolute atomic E-state index is 3.64. The van der Waals surface area contributed by atoms with Gasteiger partial charge < -0.3 is 10.2 Å². The molecular weight excluding hydrogens is 222 g/mol. The minimum Gasteiger partial charge on any atom is -0.314 e. The number of piperazine rings is 1. The molecule has 1 aliphatic carbocycles. The van der Waals surface area contributed by atoms with Crippen molar-refractivity contribution < 1.29 is 0 Å². The number of likely N-dealkylation sites (N-methyl/N-ethyl adjacent to an activating group) is 1. The second-order valence-electron chi connectivity index (χ2n) is 5.98. The third kappa shape index (κ3) is 3.25. The summed E-state index contributed by atoms with van der Waals surface area (Å²) in [6.07, 6.45) is 7.15. The Morgan fingerprint density at radius 1 is 1.11 bits per heavy atom. The number of nitrogens with one attached hydrogen (secondary N) is 1. The average molecular weight is 253 g/mol. The van der Waals surface area contributed by atoms with Crippen molar-refractivity contribution in [3.05, 3.63) is 0 Å². The van der Waals surface area contributed by atoms with Gasteiger partial charge in [-0.05, 0) is 25.9 Å². The Bertz CT molecular complexity index is 224. The lowest BCUT2D eigenvalue weighted by molar-refractivity contribution is 0.0210. The first-order chi connectivity index (χ1) is 8.80. The Kier molecular flexibility index (Phi) is 5.46. The van der Waals surface area contributed by atoms with Gasteiger partial charge in [0, 0.05) is 38.3 Å². The van der Waals surface area contributed by atoms with Gasteiger partial charge in [0.1, 0.15) is 0 Å². The summed E-state index contributed by atoms with van der Waals surface area (Å²) in [5.74, 6) is 0. The van der Waals surface area contributed by atoms with E-state index in [2.05, 4.69) is 29.0 Å². The Labute approximate surface area is 113 Å². The highest BCUT2D eigenvalue weighted by Gasteiger charge is 2.39. The summed E-state index contributed by atoms with van der Waals surface area (Å²) in [6, 6.07) is 0. The summed E-state index contributed by atoms with van der Waals surface area (Å²) in [6.45, 7) is 13.1. The molecule has 0 atom stereocenters. The van der Waals surface area contributed by atoms with Crippen molar-refractivity contribution in [1.29, 1.82) is 0 Å². The minimum atomic E-state index is 0.504. The van der Waals surface area contributed by atoms with Gasteiger partial charge in [0.2, 0.25) is 0 Å². The van der Waals surface area contributed by atoms with E-state index < -0.39 is 0 Å². The lowest BCUT2D eigenvalue weighted by Crippen LogP contribution is -2.62. The van der Waals surface area contributed by atoms with Gasteiger partial charge in [-0.2, -0.15) is 0 Å². The normalized spacial score (nSPS) is 24.8. The summed E-state index contributed by atoms with van der Waals surface area (Å²) >= 11 is 0. The molecule has 1 saturated carbocycles. The van der Waals surface area contributed by atoms with Gasteiger partial charge in [0.25, 0.3) is 0 Å². The highest BCUT2D eigenvalue weighted by molar-refractivity contribution is 4.98. The van der Waals surface area contributed by atoms with Gasteiger partial charge >= 0.3 is 0 Å². The van der Waals surface area contributed by atoms with Crippen LogP contribution in [0.2, 0.25) is 0 Å². The van der Waals surface area contributed by atoms with Crippen molar-refractivity contribution in [1.82, 2.24) is 15.1 Å². The average Bonchev–Trinajstić information content (AvgIpc) is 2.43. The number of nitrogens with zero attached hydrogens (tertiary/aromatic N) is 2. The summed E-state index contributed by atoms with van der Waals surface area (Å²) in [7, 11) is 0. The molecular formula is C15H31N3. The van der Waals surface area contributed by atoms with Crippen molar-refractivity contribution in [2.24, 2.45) is 0 Å². The van der Waals surface area contributed by atoms with Crippen LogP contribution in [0.4, 0.5) is 0 Å². The largest absolute Gasteiger partial charge is 0.314 e. The fraction of sp³-hybridized carbons (Fsp3) is 1.00. The van der Waals surface area contributed by atoms with E-state index in [1.54, 1.807) is 0 Å². The molecule has 0 aromatic heterocycles. The van der Waals surface area contributed by atoms with E-state index in [4.69, 9.17) is 0 Å². The molecule has 3 heteroatoms. The first-order valence-corrected chi connectivity index (χ1v) is 7.99. The highest BCUT2D eigenvalue weighted by atomic mass is 15.3. The van der Waals surface area contributed by atoms with Crippen LogP contribution in [0, 0.1) is 0 Å². The molecule has 0 aromatic carbocycles. The van der Waals surface area contributed by atoms with Crippen molar-refractivity contribution >= 4 is 0 Å². The summed E-state index contributed by atoms with van der Waals surface area (Å²) in [4.78, 5) is 5.36. The van der Waals surface area contributed by atoms with E-state index >= 15 is 0 Å². The van der Waals surface area contributed by atoms with Crippen LogP contribution in [0.15, 0.2) is 0 Å². The molecule has 0 aromatic rings. The molecule has 3 nitrogen and oxygen atoms in total. The number of rotatable bonds is 5. The van der Waals surface area contributed by atoms with Crippen LogP contribution in [0.25, 0.3) is 0 Å². The molecule has 1 heterocycles. The molecule has 1 aliphatic heterocycles.